The van der Waals surface area contributed by atoms with Crippen molar-refractivity contribution in [2.75, 3.05) is 0 Å². The maximum Gasteiger partial charge on any atom is 0.200 e. The molecular formula is C10H11N3O. The molecule has 2 rings (SSSR count). The van der Waals surface area contributed by atoms with E-state index in [0.717, 1.165) is 5.56 Å². The van der Waals surface area contributed by atoms with E-state index in [4.69, 9.17) is 0 Å². The highest BCUT2D eigenvalue weighted by Gasteiger charge is 2.26. The lowest BCUT2D eigenvalue weighted by Crippen LogP contribution is -2.33. The SMILES string of the molecule is CC(O)(c1ccccc1)n1nccn1. The molecular weight excluding hydrogens is 178 g/mol. The molecule has 0 aliphatic rings. The Balaban J connectivity index is 2.43. The van der Waals surface area contributed by atoms with Gasteiger partial charge in [-0.15, -0.1) is 4.80 Å². The quantitative estimate of drug-likeness (QED) is 0.766. The van der Waals surface area contributed by atoms with E-state index in [1.807, 2.05) is 30.3 Å². The molecule has 1 N–H and O–H groups in total. The highest BCUT2D eigenvalue weighted by atomic mass is 16.3. The van der Waals surface area contributed by atoms with Crippen LogP contribution in [0.2, 0.25) is 0 Å². The zero-order valence-corrected chi connectivity index (χ0v) is 7.83. The van der Waals surface area contributed by atoms with Crippen molar-refractivity contribution in [2.45, 2.75) is 12.6 Å². The molecule has 14 heavy (non-hydrogen) atoms. The van der Waals surface area contributed by atoms with Crippen LogP contribution in [-0.4, -0.2) is 20.1 Å². The highest BCUT2D eigenvalue weighted by Crippen LogP contribution is 2.19. The molecule has 0 saturated carbocycles. The Bertz CT molecular complexity index is 395. The largest absolute Gasteiger partial charge is 0.364 e. The van der Waals surface area contributed by atoms with E-state index < -0.39 is 5.72 Å². The van der Waals surface area contributed by atoms with Crippen LogP contribution in [0.4, 0.5) is 0 Å². The van der Waals surface area contributed by atoms with E-state index in [1.54, 1.807) is 6.92 Å². The third-order valence-corrected chi connectivity index (χ3v) is 2.13. The molecule has 0 fully saturated rings. The minimum absolute atomic E-state index is 0.760. The Labute approximate surface area is 81.8 Å². The molecule has 2 aromatic rings. The van der Waals surface area contributed by atoms with Gasteiger partial charge in [-0.1, -0.05) is 30.3 Å². The van der Waals surface area contributed by atoms with Gasteiger partial charge in [-0.3, -0.25) is 0 Å². The first kappa shape index (κ1) is 8.90. The summed E-state index contributed by atoms with van der Waals surface area (Å²) >= 11 is 0. The number of hydrogen-bond acceptors (Lipinski definition) is 3. The van der Waals surface area contributed by atoms with E-state index in [0.29, 0.717) is 0 Å². The molecule has 1 aromatic carbocycles. The fourth-order valence-electron chi connectivity index (χ4n) is 1.31. The monoisotopic (exact) mass is 189 g/mol. The van der Waals surface area contributed by atoms with Crippen LogP contribution in [0.15, 0.2) is 42.7 Å². The zero-order valence-electron chi connectivity index (χ0n) is 7.83. The summed E-state index contributed by atoms with van der Waals surface area (Å²) in [4.78, 5) is 1.28. The summed E-state index contributed by atoms with van der Waals surface area (Å²) in [6.07, 6.45) is 3.08. The van der Waals surface area contributed by atoms with E-state index in [1.165, 1.54) is 17.2 Å². The first-order chi connectivity index (χ1) is 6.71. The normalized spacial score (nSPS) is 15.0. The standard InChI is InChI=1S/C10H11N3O/c1-10(14,13-11-7-8-12-13)9-5-3-2-4-6-9/h2-8,14H,1H3. The average molecular weight is 189 g/mol. The van der Waals surface area contributed by atoms with Gasteiger partial charge in [-0.25, -0.2) is 0 Å². The Morgan fingerprint density at radius 3 is 2.29 bits per heavy atom. The third-order valence-electron chi connectivity index (χ3n) is 2.13. The zero-order chi connectivity index (χ0) is 10.0. The second kappa shape index (κ2) is 3.23. The topological polar surface area (TPSA) is 50.9 Å². The molecule has 72 valence electrons. The van der Waals surface area contributed by atoms with Crippen molar-refractivity contribution in [3.63, 3.8) is 0 Å². The summed E-state index contributed by atoms with van der Waals surface area (Å²) in [7, 11) is 0. The van der Waals surface area contributed by atoms with Gasteiger partial charge in [-0.2, -0.15) is 10.2 Å². The molecule has 0 saturated heterocycles. The maximum absolute atomic E-state index is 10.2. The van der Waals surface area contributed by atoms with Crippen LogP contribution in [-0.2, 0) is 5.72 Å². The number of aliphatic hydroxyl groups is 1. The maximum atomic E-state index is 10.2. The van der Waals surface area contributed by atoms with Crippen molar-refractivity contribution in [2.24, 2.45) is 0 Å². The van der Waals surface area contributed by atoms with Gasteiger partial charge in [0.2, 0.25) is 0 Å². The van der Waals surface area contributed by atoms with Crippen LogP contribution < -0.4 is 0 Å². The molecule has 1 aromatic heterocycles. The molecule has 0 radical (unpaired) electrons. The lowest BCUT2D eigenvalue weighted by molar-refractivity contribution is -0.00111. The highest BCUT2D eigenvalue weighted by molar-refractivity contribution is 5.20. The summed E-state index contributed by atoms with van der Waals surface area (Å²) in [5.41, 5.74) is -0.429. The minimum atomic E-state index is -1.19. The molecule has 1 atom stereocenters. The number of rotatable bonds is 2. The fourth-order valence-corrected chi connectivity index (χ4v) is 1.31. The molecule has 0 bridgehead atoms. The Hall–Kier alpha value is -1.68. The summed E-state index contributed by atoms with van der Waals surface area (Å²) < 4.78 is 0. The van der Waals surface area contributed by atoms with Crippen LogP contribution in [0.1, 0.15) is 12.5 Å². The molecule has 4 heteroatoms. The number of benzene rings is 1. The second-order valence-corrected chi connectivity index (χ2v) is 3.21. The van der Waals surface area contributed by atoms with Gasteiger partial charge in [-0.05, 0) is 6.92 Å². The predicted octanol–water partition coefficient (Wildman–Crippen LogP) is 0.991. The van der Waals surface area contributed by atoms with Crippen molar-refractivity contribution >= 4 is 0 Å². The molecule has 4 nitrogen and oxygen atoms in total. The van der Waals surface area contributed by atoms with Crippen LogP contribution in [0.25, 0.3) is 0 Å². The lowest BCUT2D eigenvalue weighted by atomic mass is 10.1. The Kier molecular flexibility index (Phi) is 2.05. The molecule has 0 spiro atoms. The fraction of sp³-hybridized carbons (Fsp3) is 0.200. The Morgan fingerprint density at radius 1 is 1.14 bits per heavy atom. The van der Waals surface area contributed by atoms with E-state index in [9.17, 15) is 5.11 Å². The van der Waals surface area contributed by atoms with Crippen molar-refractivity contribution in [3.05, 3.63) is 48.3 Å². The van der Waals surface area contributed by atoms with E-state index in [-0.39, 0.29) is 0 Å². The smallest absolute Gasteiger partial charge is 0.200 e. The van der Waals surface area contributed by atoms with Gasteiger partial charge in [0.25, 0.3) is 0 Å². The van der Waals surface area contributed by atoms with Crippen molar-refractivity contribution in [1.29, 1.82) is 0 Å². The average Bonchev–Trinajstić information content (AvgIpc) is 2.72. The van der Waals surface area contributed by atoms with Crippen molar-refractivity contribution in [3.8, 4) is 0 Å². The molecule has 1 heterocycles. The van der Waals surface area contributed by atoms with Gasteiger partial charge in [0.15, 0.2) is 5.72 Å². The van der Waals surface area contributed by atoms with Gasteiger partial charge in [0.05, 0.1) is 12.4 Å². The van der Waals surface area contributed by atoms with Crippen LogP contribution in [0.5, 0.6) is 0 Å². The van der Waals surface area contributed by atoms with Crippen LogP contribution >= 0.6 is 0 Å². The first-order valence-corrected chi connectivity index (χ1v) is 4.36. The Morgan fingerprint density at radius 2 is 1.71 bits per heavy atom. The summed E-state index contributed by atoms with van der Waals surface area (Å²) in [6, 6.07) is 9.31. The third kappa shape index (κ3) is 1.40. The van der Waals surface area contributed by atoms with Gasteiger partial charge in [0, 0.05) is 5.56 Å². The first-order valence-electron chi connectivity index (χ1n) is 4.36. The second-order valence-electron chi connectivity index (χ2n) is 3.21. The predicted molar refractivity (Wildman–Crippen MR) is 51.4 cm³/mol. The van der Waals surface area contributed by atoms with Gasteiger partial charge >= 0.3 is 0 Å². The summed E-state index contributed by atoms with van der Waals surface area (Å²) in [5, 5.41) is 18.0. The van der Waals surface area contributed by atoms with E-state index in [2.05, 4.69) is 10.2 Å². The van der Waals surface area contributed by atoms with Crippen molar-refractivity contribution < 1.29 is 5.11 Å². The van der Waals surface area contributed by atoms with Crippen LogP contribution in [0.3, 0.4) is 0 Å². The lowest BCUT2D eigenvalue weighted by Gasteiger charge is -2.22. The van der Waals surface area contributed by atoms with Gasteiger partial charge in [0.1, 0.15) is 0 Å². The van der Waals surface area contributed by atoms with E-state index >= 15 is 0 Å². The molecule has 0 amide bonds. The summed E-state index contributed by atoms with van der Waals surface area (Å²) in [5.74, 6) is 0. The number of hydrogen-bond donors (Lipinski definition) is 1. The van der Waals surface area contributed by atoms with Crippen molar-refractivity contribution in [1.82, 2.24) is 15.0 Å². The minimum Gasteiger partial charge on any atom is -0.364 e. The number of nitrogens with zero attached hydrogens (tertiary/aromatic N) is 3. The molecule has 0 aliphatic carbocycles. The summed E-state index contributed by atoms with van der Waals surface area (Å²) in [6.45, 7) is 1.66. The molecule has 1 unspecified atom stereocenters. The van der Waals surface area contributed by atoms with Gasteiger partial charge < -0.3 is 5.11 Å². The number of aromatic nitrogens is 3. The van der Waals surface area contributed by atoms with Crippen LogP contribution in [0, 0.1) is 0 Å². The molecule has 0 aliphatic heterocycles.